The normalized spacial score (nSPS) is 11.5. The van der Waals surface area contributed by atoms with Crippen LogP contribution in [0.25, 0.3) is 11.0 Å². The van der Waals surface area contributed by atoms with Crippen molar-refractivity contribution in [3.8, 4) is 0 Å². The van der Waals surface area contributed by atoms with Crippen LogP contribution in [0.5, 0.6) is 0 Å². The van der Waals surface area contributed by atoms with E-state index in [0.717, 1.165) is 5.52 Å². The van der Waals surface area contributed by atoms with E-state index in [1.807, 2.05) is 6.07 Å². The van der Waals surface area contributed by atoms with Crippen LogP contribution in [0, 0.1) is 10.1 Å². The number of aromatic nitrogens is 2. The van der Waals surface area contributed by atoms with Gasteiger partial charge in [0.25, 0.3) is 0 Å². The zero-order chi connectivity index (χ0) is 15.0. The molecule has 0 spiro atoms. The second-order valence-electron chi connectivity index (χ2n) is 4.32. The smallest absolute Gasteiger partial charge is 0.400 e. The summed E-state index contributed by atoms with van der Waals surface area (Å²) in [5.41, 5.74) is 1.07. The summed E-state index contributed by atoms with van der Waals surface area (Å²) in [4.78, 5) is 22.0. The zero-order valence-corrected chi connectivity index (χ0v) is 11.0. The SMILES string of the molecule is Cn1c(=O)n(/N=C/c2ccc([N+](=O)[O-])o2)c2ccccc21. The van der Waals surface area contributed by atoms with Crippen LogP contribution in [-0.2, 0) is 7.05 Å². The van der Waals surface area contributed by atoms with Gasteiger partial charge in [-0.05, 0) is 18.2 Å². The number of imidazole rings is 1. The van der Waals surface area contributed by atoms with Gasteiger partial charge in [-0.2, -0.15) is 9.78 Å². The molecule has 0 atom stereocenters. The van der Waals surface area contributed by atoms with Crippen molar-refractivity contribution < 1.29 is 9.34 Å². The minimum Gasteiger partial charge on any atom is -0.400 e. The van der Waals surface area contributed by atoms with Gasteiger partial charge >= 0.3 is 11.6 Å². The number of benzene rings is 1. The van der Waals surface area contributed by atoms with E-state index < -0.39 is 4.92 Å². The number of para-hydroxylation sites is 2. The van der Waals surface area contributed by atoms with Gasteiger partial charge < -0.3 is 4.42 Å². The highest BCUT2D eigenvalue weighted by atomic mass is 16.6. The van der Waals surface area contributed by atoms with Gasteiger partial charge in [-0.25, -0.2) is 4.79 Å². The van der Waals surface area contributed by atoms with Gasteiger partial charge in [0.2, 0.25) is 0 Å². The van der Waals surface area contributed by atoms with Gasteiger partial charge in [0, 0.05) is 7.05 Å². The van der Waals surface area contributed by atoms with Crippen molar-refractivity contribution in [2.45, 2.75) is 0 Å². The van der Waals surface area contributed by atoms with Crippen LogP contribution in [0.1, 0.15) is 5.76 Å². The van der Waals surface area contributed by atoms with Crippen molar-refractivity contribution in [2.75, 3.05) is 0 Å². The first-order chi connectivity index (χ1) is 10.1. The molecule has 3 aromatic rings. The maximum absolute atomic E-state index is 12.1. The lowest BCUT2D eigenvalue weighted by molar-refractivity contribution is -0.402. The van der Waals surface area contributed by atoms with Crippen molar-refractivity contribution in [1.82, 2.24) is 9.24 Å². The van der Waals surface area contributed by atoms with Gasteiger partial charge in [-0.1, -0.05) is 12.1 Å². The topological polar surface area (TPSA) is 95.6 Å². The van der Waals surface area contributed by atoms with Crippen molar-refractivity contribution >= 4 is 23.1 Å². The highest BCUT2D eigenvalue weighted by molar-refractivity contribution is 5.79. The van der Waals surface area contributed by atoms with E-state index in [1.165, 1.54) is 27.6 Å². The maximum Gasteiger partial charge on any atom is 0.433 e. The molecule has 106 valence electrons. The standard InChI is InChI=1S/C13H10N4O4/c1-15-10-4-2-3-5-11(10)16(13(15)18)14-8-9-6-7-12(21-9)17(19)20/h2-8H,1H3/b14-8+. The minimum atomic E-state index is -0.637. The lowest BCUT2D eigenvalue weighted by atomic mass is 10.3. The molecule has 2 heterocycles. The van der Waals surface area contributed by atoms with Crippen molar-refractivity contribution in [2.24, 2.45) is 12.1 Å². The summed E-state index contributed by atoms with van der Waals surface area (Å²) in [6.07, 6.45) is 1.26. The number of fused-ring (bicyclic) bond motifs is 1. The highest BCUT2D eigenvalue weighted by Gasteiger charge is 2.11. The van der Waals surface area contributed by atoms with E-state index in [0.29, 0.717) is 5.52 Å². The summed E-state index contributed by atoms with van der Waals surface area (Å²) in [6.45, 7) is 0. The number of aryl methyl sites for hydroxylation is 1. The van der Waals surface area contributed by atoms with Crippen LogP contribution in [0.15, 0.2) is 50.7 Å². The predicted molar refractivity (Wildman–Crippen MR) is 75.5 cm³/mol. The lowest BCUT2D eigenvalue weighted by Crippen LogP contribution is -2.19. The van der Waals surface area contributed by atoms with Crippen LogP contribution in [0.3, 0.4) is 0 Å². The molecule has 21 heavy (non-hydrogen) atoms. The Hall–Kier alpha value is -3.16. The van der Waals surface area contributed by atoms with Crippen LogP contribution < -0.4 is 5.69 Å². The Morgan fingerprint density at radius 2 is 1.95 bits per heavy atom. The van der Waals surface area contributed by atoms with E-state index in [-0.39, 0.29) is 17.3 Å². The number of furan rings is 1. The molecule has 0 bridgehead atoms. The molecule has 3 rings (SSSR count). The first kappa shape index (κ1) is 12.9. The Morgan fingerprint density at radius 1 is 1.24 bits per heavy atom. The van der Waals surface area contributed by atoms with E-state index in [9.17, 15) is 14.9 Å². The molecule has 0 fully saturated rings. The van der Waals surface area contributed by atoms with Crippen LogP contribution in [-0.4, -0.2) is 20.4 Å². The summed E-state index contributed by atoms with van der Waals surface area (Å²) < 4.78 is 7.64. The van der Waals surface area contributed by atoms with E-state index in [2.05, 4.69) is 5.10 Å². The lowest BCUT2D eigenvalue weighted by Gasteiger charge is -1.92. The third-order valence-electron chi connectivity index (χ3n) is 3.03. The number of nitrogens with zero attached hydrogens (tertiary/aromatic N) is 4. The Bertz CT molecular complexity index is 916. The van der Waals surface area contributed by atoms with Crippen molar-refractivity contribution in [1.29, 1.82) is 0 Å². The molecule has 0 amide bonds. The fraction of sp³-hybridized carbons (Fsp3) is 0.0769. The number of hydrogen-bond acceptors (Lipinski definition) is 5. The molecular weight excluding hydrogens is 276 g/mol. The van der Waals surface area contributed by atoms with Crippen molar-refractivity contribution in [3.05, 3.63) is 62.8 Å². The molecule has 1 aromatic carbocycles. The number of rotatable bonds is 3. The summed E-state index contributed by atoms with van der Waals surface area (Å²) in [6, 6.07) is 9.83. The van der Waals surface area contributed by atoms with E-state index >= 15 is 0 Å². The minimum absolute atomic E-state index is 0.196. The Morgan fingerprint density at radius 3 is 2.62 bits per heavy atom. The third kappa shape index (κ3) is 2.12. The van der Waals surface area contributed by atoms with Crippen LogP contribution >= 0.6 is 0 Å². The molecule has 0 unspecified atom stereocenters. The molecule has 0 radical (unpaired) electrons. The van der Waals surface area contributed by atoms with Gasteiger partial charge in [-0.15, -0.1) is 0 Å². The second-order valence-corrected chi connectivity index (χ2v) is 4.32. The Kier molecular flexibility index (Phi) is 2.90. The first-order valence-corrected chi connectivity index (χ1v) is 6.03. The monoisotopic (exact) mass is 286 g/mol. The molecule has 8 nitrogen and oxygen atoms in total. The second kappa shape index (κ2) is 4.75. The molecule has 0 N–H and O–H groups in total. The molecule has 0 aliphatic rings. The Labute approximate surface area is 117 Å². The molecule has 0 aliphatic heterocycles. The van der Waals surface area contributed by atoms with E-state index in [4.69, 9.17) is 4.42 Å². The zero-order valence-electron chi connectivity index (χ0n) is 11.0. The fourth-order valence-corrected chi connectivity index (χ4v) is 2.01. The average molecular weight is 286 g/mol. The summed E-state index contributed by atoms with van der Waals surface area (Å²) in [7, 11) is 1.65. The molecular formula is C13H10N4O4. The molecule has 0 aliphatic carbocycles. The number of nitro groups is 1. The van der Waals surface area contributed by atoms with Crippen LogP contribution in [0.2, 0.25) is 0 Å². The molecule has 0 saturated heterocycles. The van der Waals surface area contributed by atoms with Crippen molar-refractivity contribution in [3.63, 3.8) is 0 Å². The van der Waals surface area contributed by atoms with E-state index in [1.54, 1.807) is 25.2 Å². The Balaban J connectivity index is 2.05. The summed E-state index contributed by atoms with van der Waals surface area (Å²) in [5.74, 6) is -0.178. The summed E-state index contributed by atoms with van der Waals surface area (Å²) >= 11 is 0. The average Bonchev–Trinajstić information content (AvgIpc) is 3.04. The molecule has 2 aromatic heterocycles. The molecule has 8 heteroatoms. The summed E-state index contributed by atoms with van der Waals surface area (Å²) in [5, 5.41) is 14.6. The first-order valence-electron chi connectivity index (χ1n) is 6.03. The quantitative estimate of drug-likeness (QED) is 0.416. The van der Waals surface area contributed by atoms with Crippen LogP contribution in [0.4, 0.5) is 5.88 Å². The largest absolute Gasteiger partial charge is 0.433 e. The maximum atomic E-state index is 12.1. The van der Waals surface area contributed by atoms with Gasteiger partial charge in [0.1, 0.15) is 4.92 Å². The fourth-order valence-electron chi connectivity index (χ4n) is 2.01. The highest BCUT2D eigenvalue weighted by Crippen LogP contribution is 2.15. The molecule has 0 saturated carbocycles. The van der Waals surface area contributed by atoms with Gasteiger partial charge in [0.05, 0.1) is 23.3 Å². The predicted octanol–water partition coefficient (Wildman–Crippen LogP) is 1.72. The van der Waals surface area contributed by atoms with Gasteiger partial charge in [-0.3, -0.25) is 14.7 Å². The number of hydrogen-bond donors (Lipinski definition) is 0. The third-order valence-corrected chi connectivity index (χ3v) is 3.03. The van der Waals surface area contributed by atoms with Gasteiger partial charge in [0.15, 0.2) is 5.76 Å².